The number of nitrogens with one attached hydrogen (secondary N) is 1. The van der Waals surface area contributed by atoms with Crippen LogP contribution >= 0.6 is 0 Å². The van der Waals surface area contributed by atoms with Gasteiger partial charge < -0.3 is 9.64 Å². The maximum absolute atomic E-state index is 12.9. The molecule has 0 unspecified atom stereocenters. The minimum atomic E-state index is -0.0506. The summed E-state index contributed by atoms with van der Waals surface area (Å²) in [6, 6.07) is 12.8. The van der Waals surface area contributed by atoms with Gasteiger partial charge in [0.15, 0.2) is 5.78 Å². The van der Waals surface area contributed by atoms with Gasteiger partial charge in [-0.1, -0.05) is 12.1 Å². The first kappa shape index (κ1) is 17.3. The maximum Gasteiger partial charge on any atom is 0.256 e. The zero-order valence-electron chi connectivity index (χ0n) is 15.1. The molecule has 3 aromatic rings. The van der Waals surface area contributed by atoms with Crippen LogP contribution in [-0.2, 0) is 0 Å². The van der Waals surface area contributed by atoms with Crippen molar-refractivity contribution in [2.75, 3.05) is 20.2 Å². The molecule has 1 amide bonds. The quantitative estimate of drug-likeness (QED) is 0.722. The van der Waals surface area contributed by atoms with Crippen molar-refractivity contribution in [1.82, 2.24) is 15.1 Å². The number of carbonyl (C=O) groups is 2. The monoisotopic (exact) mass is 363 g/mol. The summed E-state index contributed by atoms with van der Waals surface area (Å²) in [5.74, 6) is 0.811. The number of aromatic amines is 1. The van der Waals surface area contributed by atoms with Gasteiger partial charge >= 0.3 is 0 Å². The average molecular weight is 363 g/mol. The number of H-pyrrole nitrogens is 1. The summed E-state index contributed by atoms with van der Waals surface area (Å²) in [4.78, 5) is 27.5. The van der Waals surface area contributed by atoms with E-state index in [9.17, 15) is 9.59 Å². The number of rotatable bonds is 4. The molecule has 6 heteroatoms. The first-order valence-electron chi connectivity index (χ1n) is 9.07. The Morgan fingerprint density at radius 2 is 1.85 bits per heavy atom. The standard InChI is InChI=1S/C21H21N3O3/c1-27-17-7-5-14(6-8-17)20(25)15-9-11-24(12-10-15)21(26)18-4-2-3-16-13-22-23-19(16)18/h2-8,13,15H,9-12H2,1H3,(H,22,23). The lowest BCUT2D eigenvalue weighted by Crippen LogP contribution is -2.40. The lowest BCUT2D eigenvalue weighted by molar-refractivity contribution is 0.0651. The Hall–Kier alpha value is -3.15. The summed E-state index contributed by atoms with van der Waals surface area (Å²) < 4.78 is 5.14. The van der Waals surface area contributed by atoms with E-state index in [-0.39, 0.29) is 17.6 Å². The normalized spacial score (nSPS) is 15.1. The van der Waals surface area contributed by atoms with Crippen molar-refractivity contribution in [1.29, 1.82) is 0 Å². The molecule has 1 aliphatic rings. The number of methoxy groups -OCH3 is 1. The van der Waals surface area contributed by atoms with Crippen LogP contribution in [0.2, 0.25) is 0 Å². The highest BCUT2D eigenvalue weighted by Gasteiger charge is 2.29. The second-order valence-corrected chi connectivity index (χ2v) is 6.80. The molecule has 1 aromatic heterocycles. The second-order valence-electron chi connectivity index (χ2n) is 6.80. The summed E-state index contributed by atoms with van der Waals surface area (Å²) in [7, 11) is 1.60. The van der Waals surface area contributed by atoms with Crippen LogP contribution in [0.25, 0.3) is 10.9 Å². The largest absolute Gasteiger partial charge is 0.497 e. The second kappa shape index (κ2) is 7.23. The number of likely N-dealkylation sites (tertiary alicyclic amines) is 1. The van der Waals surface area contributed by atoms with Gasteiger partial charge in [0.25, 0.3) is 5.91 Å². The fraction of sp³-hybridized carbons (Fsp3) is 0.286. The van der Waals surface area contributed by atoms with Gasteiger partial charge in [0.2, 0.25) is 0 Å². The number of Topliss-reactive ketones (excluding diaryl/α,β-unsaturated/α-hetero) is 1. The number of hydrogen-bond acceptors (Lipinski definition) is 4. The summed E-state index contributed by atoms with van der Waals surface area (Å²) in [5.41, 5.74) is 2.09. The van der Waals surface area contributed by atoms with Crippen LogP contribution in [0.3, 0.4) is 0 Å². The third-order valence-corrected chi connectivity index (χ3v) is 5.23. The number of piperidine rings is 1. The molecule has 2 heterocycles. The molecule has 6 nitrogen and oxygen atoms in total. The third kappa shape index (κ3) is 3.30. The highest BCUT2D eigenvalue weighted by atomic mass is 16.5. The Morgan fingerprint density at radius 1 is 1.11 bits per heavy atom. The lowest BCUT2D eigenvalue weighted by atomic mass is 9.88. The minimum Gasteiger partial charge on any atom is -0.497 e. The van der Waals surface area contributed by atoms with Crippen LogP contribution in [0, 0.1) is 5.92 Å². The third-order valence-electron chi connectivity index (χ3n) is 5.23. The number of benzene rings is 2. The maximum atomic E-state index is 12.9. The highest BCUT2D eigenvalue weighted by molar-refractivity contribution is 6.05. The topological polar surface area (TPSA) is 75.3 Å². The van der Waals surface area contributed by atoms with Crippen molar-refractivity contribution < 1.29 is 14.3 Å². The number of para-hydroxylation sites is 1. The van der Waals surface area contributed by atoms with Gasteiger partial charge in [-0.3, -0.25) is 14.7 Å². The molecule has 1 N–H and O–H groups in total. The van der Waals surface area contributed by atoms with E-state index in [1.54, 1.807) is 37.6 Å². The van der Waals surface area contributed by atoms with E-state index in [0.29, 0.717) is 37.1 Å². The molecule has 0 spiro atoms. The Bertz CT molecular complexity index is 970. The number of ketones is 1. The van der Waals surface area contributed by atoms with Crippen molar-refractivity contribution in [2.45, 2.75) is 12.8 Å². The van der Waals surface area contributed by atoms with E-state index in [1.807, 2.05) is 23.1 Å². The Morgan fingerprint density at radius 3 is 2.56 bits per heavy atom. The molecule has 1 aliphatic heterocycles. The molecule has 1 saturated heterocycles. The van der Waals surface area contributed by atoms with Crippen LogP contribution in [0.4, 0.5) is 0 Å². The molecular weight excluding hydrogens is 342 g/mol. The molecule has 2 aromatic carbocycles. The predicted molar refractivity (Wildman–Crippen MR) is 102 cm³/mol. The van der Waals surface area contributed by atoms with Crippen LogP contribution in [0.5, 0.6) is 5.75 Å². The van der Waals surface area contributed by atoms with Gasteiger partial charge in [0.1, 0.15) is 5.75 Å². The van der Waals surface area contributed by atoms with Crippen molar-refractivity contribution in [2.24, 2.45) is 5.92 Å². The number of aromatic nitrogens is 2. The van der Waals surface area contributed by atoms with Crippen LogP contribution in [0.1, 0.15) is 33.6 Å². The highest BCUT2D eigenvalue weighted by Crippen LogP contribution is 2.25. The van der Waals surface area contributed by atoms with Crippen molar-refractivity contribution in [3.8, 4) is 5.75 Å². The lowest BCUT2D eigenvalue weighted by Gasteiger charge is -2.31. The minimum absolute atomic E-state index is 0.0137. The first-order chi connectivity index (χ1) is 13.2. The van der Waals surface area contributed by atoms with Crippen LogP contribution in [0.15, 0.2) is 48.7 Å². The first-order valence-corrected chi connectivity index (χ1v) is 9.07. The molecule has 0 aliphatic carbocycles. The smallest absolute Gasteiger partial charge is 0.256 e. The SMILES string of the molecule is COc1ccc(C(=O)C2CCN(C(=O)c3cccc4cn[nH]c34)CC2)cc1. The van der Waals surface area contributed by atoms with E-state index in [2.05, 4.69) is 10.2 Å². The fourth-order valence-corrected chi connectivity index (χ4v) is 3.65. The van der Waals surface area contributed by atoms with E-state index in [1.165, 1.54) is 0 Å². The Labute approximate surface area is 157 Å². The molecule has 4 rings (SSSR count). The fourth-order valence-electron chi connectivity index (χ4n) is 3.65. The van der Waals surface area contributed by atoms with Crippen LogP contribution in [-0.4, -0.2) is 47.0 Å². The number of carbonyl (C=O) groups excluding carboxylic acids is 2. The van der Waals surface area contributed by atoms with E-state index < -0.39 is 0 Å². The summed E-state index contributed by atoms with van der Waals surface area (Å²) in [5, 5.41) is 7.85. The molecule has 0 saturated carbocycles. The number of hydrogen-bond donors (Lipinski definition) is 1. The van der Waals surface area contributed by atoms with E-state index in [4.69, 9.17) is 4.74 Å². The summed E-state index contributed by atoms with van der Waals surface area (Å²) in [6.45, 7) is 1.16. The van der Waals surface area contributed by atoms with Crippen molar-refractivity contribution in [3.05, 3.63) is 59.8 Å². The molecular formula is C21H21N3O3. The van der Waals surface area contributed by atoms with Crippen molar-refractivity contribution in [3.63, 3.8) is 0 Å². The van der Waals surface area contributed by atoms with E-state index >= 15 is 0 Å². The molecule has 1 fully saturated rings. The predicted octanol–water partition coefficient (Wildman–Crippen LogP) is 3.31. The molecule has 138 valence electrons. The Kier molecular flexibility index (Phi) is 4.62. The van der Waals surface area contributed by atoms with Gasteiger partial charge in [0, 0.05) is 30.0 Å². The van der Waals surface area contributed by atoms with Crippen molar-refractivity contribution >= 4 is 22.6 Å². The summed E-state index contributed by atoms with van der Waals surface area (Å²) in [6.07, 6.45) is 3.07. The number of nitrogens with zero attached hydrogens (tertiary/aromatic N) is 2. The molecule has 27 heavy (non-hydrogen) atoms. The number of ether oxygens (including phenoxy) is 1. The van der Waals surface area contributed by atoms with Gasteiger partial charge in [-0.25, -0.2) is 0 Å². The average Bonchev–Trinajstić information content (AvgIpc) is 3.22. The number of fused-ring (bicyclic) bond motifs is 1. The zero-order valence-corrected chi connectivity index (χ0v) is 15.1. The summed E-state index contributed by atoms with van der Waals surface area (Å²) >= 11 is 0. The van der Waals surface area contributed by atoms with Gasteiger partial charge in [0.05, 0.1) is 24.4 Å². The number of amides is 1. The van der Waals surface area contributed by atoms with Gasteiger partial charge in [-0.05, 0) is 43.2 Å². The molecule has 0 bridgehead atoms. The zero-order chi connectivity index (χ0) is 18.8. The van der Waals surface area contributed by atoms with E-state index in [0.717, 1.165) is 16.7 Å². The van der Waals surface area contributed by atoms with Crippen LogP contribution < -0.4 is 4.74 Å². The van der Waals surface area contributed by atoms with Gasteiger partial charge in [-0.15, -0.1) is 0 Å². The molecule has 0 radical (unpaired) electrons. The van der Waals surface area contributed by atoms with Gasteiger partial charge in [-0.2, -0.15) is 5.10 Å². The molecule has 0 atom stereocenters. The Balaban J connectivity index is 1.43.